The highest BCUT2D eigenvalue weighted by molar-refractivity contribution is 5.72. The molecule has 0 N–H and O–H groups in total. The van der Waals surface area contributed by atoms with E-state index in [1.54, 1.807) is 14.2 Å². The number of allylic oxidation sites excluding steroid dienone is 4. The second-order valence-electron chi connectivity index (χ2n) is 8.38. The van der Waals surface area contributed by atoms with E-state index in [-0.39, 0.29) is 24.7 Å². The molecule has 0 spiro atoms. The highest BCUT2D eigenvalue weighted by atomic mass is 16.7. The summed E-state index contributed by atoms with van der Waals surface area (Å²) in [6, 6.07) is 7.93. The van der Waals surface area contributed by atoms with E-state index < -0.39 is 0 Å². The fraction of sp³-hybridized carbons (Fsp3) is 0.552. The topological polar surface area (TPSA) is 54.0 Å². The van der Waals surface area contributed by atoms with Crippen molar-refractivity contribution >= 4 is 6.29 Å². The zero-order chi connectivity index (χ0) is 25.3. The van der Waals surface area contributed by atoms with Crippen LogP contribution in [0.4, 0.5) is 0 Å². The van der Waals surface area contributed by atoms with Crippen molar-refractivity contribution in [2.45, 2.75) is 73.0 Å². The van der Waals surface area contributed by atoms with Gasteiger partial charge in [0.05, 0.1) is 19.0 Å². The fourth-order valence-corrected chi connectivity index (χ4v) is 3.82. The number of benzene rings is 1. The van der Waals surface area contributed by atoms with E-state index >= 15 is 0 Å². The lowest BCUT2D eigenvalue weighted by Gasteiger charge is -2.29. The highest BCUT2D eigenvalue weighted by Crippen LogP contribution is 2.26. The zero-order valence-electron chi connectivity index (χ0n) is 22.1. The summed E-state index contributed by atoms with van der Waals surface area (Å²) >= 11 is 0. The number of ether oxygens (including phenoxy) is 4. The van der Waals surface area contributed by atoms with Crippen LogP contribution in [0.2, 0.25) is 0 Å². The van der Waals surface area contributed by atoms with E-state index in [4.69, 9.17) is 18.9 Å². The molecule has 0 saturated carbocycles. The van der Waals surface area contributed by atoms with Gasteiger partial charge in [-0.2, -0.15) is 0 Å². The van der Waals surface area contributed by atoms with E-state index in [9.17, 15) is 4.79 Å². The van der Waals surface area contributed by atoms with Crippen LogP contribution in [0, 0.1) is 11.8 Å². The number of hydrogen-bond donors (Lipinski definition) is 0. The van der Waals surface area contributed by atoms with Crippen molar-refractivity contribution < 1.29 is 23.7 Å². The lowest BCUT2D eigenvalue weighted by atomic mass is 9.86. The van der Waals surface area contributed by atoms with Crippen LogP contribution in [0.1, 0.15) is 65.9 Å². The predicted octanol–water partition coefficient (Wildman–Crippen LogP) is 7.03. The molecular formula is C29H44O5. The summed E-state index contributed by atoms with van der Waals surface area (Å²) in [7, 11) is 3.29. The van der Waals surface area contributed by atoms with Crippen molar-refractivity contribution in [3.63, 3.8) is 0 Å². The molecular weight excluding hydrogens is 428 g/mol. The van der Waals surface area contributed by atoms with Crippen molar-refractivity contribution in [1.82, 2.24) is 0 Å². The Hall–Kier alpha value is -2.37. The molecule has 0 fully saturated rings. The number of carbonyl (C=O) groups excluding carboxylic acids is 1. The van der Waals surface area contributed by atoms with Gasteiger partial charge in [-0.15, -0.1) is 0 Å². The Kier molecular flexibility index (Phi) is 14.9. The van der Waals surface area contributed by atoms with Gasteiger partial charge in [0.15, 0.2) is 0 Å². The molecule has 3 atom stereocenters. The van der Waals surface area contributed by atoms with Gasteiger partial charge in [0, 0.05) is 25.4 Å². The minimum absolute atomic E-state index is 0.0910. The van der Waals surface area contributed by atoms with Crippen molar-refractivity contribution in [3.05, 3.63) is 65.0 Å². The van der Waals surface area contributed by atoms with Gasteiger partial charge < -0.3 is 18.9 Å². The summed E-state index contributed by atoms with van der Waals surface area (Å²) in [5, 5.41) is 0. The molecule has 0 aliphatic carbocycles. The van der Waals surface area contributed by atoms with Crippen molar-refractivity contribution in [2.75, 3.05) is 21.0 Å². The minimum Gasteiger partial charge on any atom is -0.497 e. The predicted molar refractivity (Wildman–Crippen MR) is 139 cm³/mol. The third-order valence-corrected chi connectivity index (χ3v) is 5.94. The highest BCUT2D eigenvalue weighted by Gasteiger charge is 2.25. The maximum absolute atomic E-state index is 11.4. The molecule has 190 valence electrons. The van der Waals surface area contributed by atoms with Crippen molar-refractivity contribution in [2.24, 2.45) is 11.8 Å². The van der Waals surface area contributed by atoms with Crippen LogP contribution in [0.25, 0.3) is 0 Å². The molecule has 34 heavy (non-hydrogen) atoms. The number of rotatable bonds is 17. The Balaban J connectivity index is 3.06. The summed E-state index contributed by atoms with van der Waals surface area (Å²) in [4.78, 5) is 11.4. The Bertz CT molecular complexity index is 791. The first-order chi connectivity index (χ1) is 16.5. The number of aldehydes is 1. The molecule has 0 amide bonds. The molecule has 0 aliphatic rings. The molecule has 0 saturated heterocycles. The molecule has 1 aromatic carbocycles. The van der Waals surface area contributed by atoms with Crippen molar-refractivity contribution in [3.8, 4) is 5.75 Å². The van der Waals surface area contributed by atoms with Crippen LogP contribution in [-0.4, -0.2) is 33.4 Å². The smallest absolute Gasteiger partial charge is 0.146 e. The standard InChI is InChI=1S/C29H44O5/c1-8-23(18-27(11-4)33-20-25-12-14-28(32-7)15-13-25)16-22(5)29(34-21-31-6)26(10-3)17-24(9-2)19-30/h12-19,22,26,29H,8-11,20-21H2,1-7H3/b23-16+,24-17-,27-18+/t22-,26+,29-/m1/s1. The molecule has 0 radical (unpaired) electrons. The second-order valence-corrected chi connectivity index (χ2v) is 8.38. The number of hydrogen-bond acceptors (Lipinski definition) is 5. The van der Waals surface area contributed by atoms with Crippen LogP contribution in [-0.2, 0) is 25.6 Å². The lowest BCUT2D eigenvalue weighted by Crippen LogP contribution is -2.30. The molecule has 0 unspecified atom stereocenters. The number of methoxy groups -OCH3 is 2. The molecule has 5 nitrogen and oxygen atoms in total. The van der Waals surface area contributed by atoms with E-state index in [0.717, 1.165) is 54.6 Å². The SMILES string of the molecule is CC/C(C=O)=C/[C@H](CC)[C@H](OCOC)[C@H](C)/C=C(/C=C(\CC)OCc1ccc(OC)cc1)CC. The van der Waals surface area contributed by atoms with Crippen LogP contribution >= 0.6 is 0 Å². The Morgan fingerprint density at radius 2 is 1.62 bits per heavy atom. The van der Waals surface area contributed by atoms with Gasteiger partial charge in [0.25, 0.3) is 0 Å². The summed E-state index contributed by atoms with van der Waals surface area (Å²) in [5.74, 6) is 2.05. The van der Waals surface area contributed by atoms with Gasteiger partial charge in [-0.05, 0) is 54.2 Å². The molecule has 0 heterocycles. The summed E-state index contributed by atoms with van der Waals surface area (Å²) in [6.45, 7) is 11.3. The quantitative estimate of drug-likeness (QED) is 0.0801. The zero-order valence-corrected chi connectivity index (χ0v) is 22.1. The molecule has 0 bridgehead atoms. The van der Waals surface area contributed by atoms with Crippen molar-refractivity contribution in [1.29, 1.82) is 0 Å². The van der Waals surface area contributed by atoms with E-state index in [2.05, 4.69) is 45.9 Å². The molecule has 0 aromatic heterocycles. The Labute approximate surface area is 206 Å². The minimum atomic E-state index is -0.0910. The molecule has 1 rings (SSSR count). The Morgan fingerprint density at radius 3 is 2.12 bits per heavy atom. The summed E-state index contributed by atoms with van der Waals surface area (Å²) in [5.41, 5.74) is 3.11. The third-order valence-electron chi connectivity index (χ3n) is 5.94. The van der Waals surface area contributed by atoms with Gasteiger partial charge in [0.2, 0.25) is 0 Å². The van der Waals surface area contributed by atoms with Gasteiger partial charge in [0.1, 0.15) is 25.4 Å². The van der Waals surface area contributed by atoms with Crippen LogP contribution in [0.5, 0.6) is 5.75 Å². The van der Waals surface area contributed by atoms with Gasteiger partial charge in [-0.1, -0.05) is 58.9 Å². The first-order valence-electron chi connectivity index (χ1n) is 12.4. The fourth-order valence-electron chi connectivity index (χ4n) is 3.82. The van der Waals surface area contributed by atoms with Crippen LogP contribution in [0.3, 0.4) is 0 Å². The normalized spacial score (nSPS) is 15.6. The number of carbonyl (C=O) groups is 1. The third kappa shape index (κ3) is 10.3. The average molecular weight is 473 g/mol. The maximum atomic E-state index is 11.4. The van der Waals surface area contributed by atoms with Gasteiger partial charge in [-0.25, -0.2) is 0 Å². The van der Waals surface area contributed by atoms with Gasteiger partial charge in [-0.3, -0.25) is 4.79 Å². The molecule has 0 aliphatic heterocycles. The monoisotopic (exact) mass is 472 g/mol. The molecule has 5 heteroatoms. The first-order valence-corrected chi connectivity index (χ1v) is 12.4. The summed E-state index contributed by atoms with van der Waals surface area (Å²) in [6.07, 6.45) is 10.6. The van der Waals surface area contributed by atoms with E-state index in [0.29, 0.717) is 6.61 Å². The summed E-state index contributed by atoms with van der Waals surface area (Å²) < 4.78 is 22.7. The lowest BCUT2D eigenvalue weighted by molar-refractivity contribution is -0.105. The second kappa shape index (κ2) is 17.1. The Morgan fingerprint density at radius 1 is 0.941 bits per heavy atom. The van der Waals surface area contributed by atoms with E-state index in [1.807, 2.05) is 31.2 Å². The van der Waals surface area contributed by atoms with Crippen LogP contribution in [0.15, 0.2) is 59.4 Å². The first kappa shape index (κ1) is 29.7. The maximum Gasteiger partial charge on any atom is 0.146 e. The van der Waals surface area contributed by atoms with Crippen LogP contribution < -0.4 is 4.74 Å². The average Bonchev–Trinajstić information content (AvgIpc) is 2.87. The van der Waals surface area contributed by atoms with Gasteiger partial charge >= 0.3 is 0 Å². The van der Waals surface area contributed by atoms with E-state index in [1.165, 1.54) is 5.57 Å². The molecule has 1 aromatic rings. The largest absolute Gasteiger partial charge is 0.497 e.